The Morgan fingerprint density at radius 2 is 0.812 bits per heavy atom. The van der Waals surface area contributed by atoms with Gasteiger partial charge in [-0.05, 0) is 44.6 Å². The molecule has 1 aromatic rings. The molecule has 5 heteroatoms. The van der Waals surface area contributed by atoms with Gasteiger partial charge in [0.05, 0.1) is 22.2 Å². The first kappa shape index (κ1) is 27.2. The van der Waals surface area contributed by atoms with E-state index in [2.05, 4.69) is 39.5 Å². The second kappa shape index (κ2) is 11.1. The maximum atomic E-state index is 11.5. The lowest BCUT2D eigenvalue weighted by Gasteiger charge is -2.38. The number of hydrogen-bond donors (Lipinski definition) is 5. The third-order valence-corrected chi connectivity index (χ3v) is 5.89. The summed E-state index contributed by atoms with van der Waals surface area (Å²) in [5.74, 6) is -0.355. The molecule has 0 radical (unpaired) electrons. The molecular formula is C27H39N3O2. The quantitative estimate of drug-likeness (QED) is 0.247. The van der Waals surface area contributed by atoms with Gasteiger partial charge in [-0.1, -0.05) is 36.5 Å². The predicted molar refractivity (Wildman–Crippen MR) is 136 cm³/mol. The molecule has 0 aromatic heterocycles. The molecule has 0 bridgehead atoms. The largest absolute Gasteiger partial charge is 0.507 e. The molecule has 32 heavy (non-hydrogen) atoms. The molecule has 0 saturated carbocycles. The van der Waals surface area contributed by atoms with Crippen LogP contribution in [0.5, 0.6) is 11.5 Å². The molecule has 0 saturated heterocycles. The first-order valence-electron chi connectivity index (χ1n) is 10.7. The first-order valence-corrected chi connectivity index (χ1v) is 10.7. The minimum Gasteiger partial charge on any atom is -0.507 e. The highest BCUT2D eigenvalue weighted by Crippen LogP contribution is 2.50. The SMILES string of the molecule is C=CCC(N)(CC=C)c1cc(C(N)(CC=C)CC=C)c(O)c(C(N)(CC=C)CC=C)c1O. The highest BCUT2D eigenvalue weighted by atomic mass is 16.3. The van der Waals surface area contributed by atoms with Crippen LogP contribution in [0.15, 0.2) is 82.0 Å². The van der Waals surface area contributed by atoms with E-state index in [0.29, 0.717) is 36.8 Å². The summed E-state index contributed by atoms with van der Waals surface area (Å²) in [6.45, 7) is 22.8. The Labute approximate surface area is 193 Å². The zero-order valence-electron chi connectivity index (χ0n) is 19.2. The molecule has 0 amide bonds. The van der Waals surface area contributed by atoms with Crippen molar-refractivity contribution < 1.29 is 10.2 Å². The maximum absolute atomic E-state index is 11.5. The average Bonchev–Trinajstić information content (AvgIpc) is 2.68. The summed E-state index contributed by atoms with van der Waals surface area (Å²) in [6, 6.07) is 1.66. The maximum Gasteiger partial charge on any atom is 0.129 e. The molecule has 8 N–H and O–H groups in total. The summed E-state index contributed by atoms with van der Waals surface area (Å²) < 4.78 is 0. The van der Waals surface area contributed by atoms with Gasteiger partial charge in [-0.25, -0.2) is 0 Å². The number of hydrogen-bond acceptors (Lipinski definition) is 5. The molecule has 174 valence electrons. The van der Waals surface area contributed by atoms with E-state index in [1.54, 1.807) is 42.5 Å². The van der Waals surface area contributed by atoms with E-state index in [9.17, 15) is 10.2 Å². The van der Waals surface area contributed by atoms with Gasteiger partial charge < -0.3 is 27.4 Å². The highest BCUT2D eigenvalue weighted by molar-refractivity contribution is 5.61. The standard InChI is InChI=1S/C27H39N3O2/c1-7-13-25(28,14-8-2)20-19-21(26(29,15-9-3)16-10-4)24(32)22(23(20)31)27(30,17-11-5)18-12-6/h7-12,19,31-32H,1-6,13-18,28-30H2. The molecule has 0 unspecified atom stereocenters. The Morgan fingerprint density at radius 3 is 1.06 bits per heavy atom. The molecule has 0 aliphatic heterocycles. The van der Waals surface area contributed by atoms with E-state index in [4.69, 9.17) is 17.2 Å². The zero-order chi connectivity index (χ0) is 24.6. The fourth-order valence-electron chi connectivity index (χ4n) is 4.33. The number of nitrogens with two attached hydrogens (primary N) is 3. The van der Waals surface area contributed by atoms with Crippen LogP contribution in [-0.4, -0.2) is 10.2 Å². The molecule has 0 aliphatic rings. The molecular weight excluding hydrogens is 398 g/mol. The summed E-state index contributed by atoms with van der Waals surface area (Å²) in [5, 5.41) is 22.9. The Bertz CT molecular complexity index is 801. The van der Waals surface area contributed by atoms with Crippen molar-refractivity contribution in [1.29, 1.82) is 0 Å². The van der Waals surface area contributed by atoms with E-state index in [1.165, 1.54) is 0 Å². The molecule has 5 nitrogen and oxygen atoms in total. The smallest absolute Gasteiger partial charge is 0.129 e. The summed E-state index contributed by atoms with van der Waals surface area (Å²) >= 11 is 0. The second-order valence-electron chi connectivity index (χ2n) is 8.47. The normalized spacial score (nSPS) is 12.1. The molecule has 0 heterocycles. The molecule has 0 aliphatic carbocycles. The monoisotopic (exact) mass is 437 g/mol. The molecule has 0 spiro atoms. The van der Waals surface area contributed by atoms with Crippen LogP contribution < -0.4 is 17.2 Å². The number of phenolic OH excluding ortho intramolecular Hbond substituents is 2. The molecule has 0 fully saturated rings. The van der Waals surface area contributed by atoms with Crippen LogP contribution >= 0.6 is 0 Å². The van der Waals surface area contributed by atoms with Crippen LogP contribution in [0, 0.1) is 0 Å². The second-order valence-corrected chi connectivity index (χ2v) is 8.47. The number of benzene rings is 1. The Kier molecular flexibility index (Phi) is 9.46. The van der Waals surface area contributed by atoms with Gasteiger partial charge in [-0.3, -0.25) is 0 Å². The molecule has 1 rings (SSSR count). The van der Waals surface area contributed by atoms with E-state index in [1.807, 2.05) is 0 Å². The van der Waals surface area contributed by atoms with Crippen LogP contribution in [0.4, 0.5) is 0 Å². The van der Waals surface area contributed by atoms with E-state index in [0.717, 1.165) is 0 Å². The molecule has 0 atom stereocenters. The number of rotatable bonds is 15. The lowest BCUT2D eigenvalue weighted by atomic mass is 9.73. The van der Waals surface area contributed by atoms with Gasteiger partial charge in [0, 0.05) is 11.1 Å². The summed E-state index contributed by atoms with van der Waals surface area (Å²) in [4.78, 5) is 0. The van der Waals surface area contributed by atoms with Crippen molar-refractivity contribution in [2.24, 2.45) is 17.2 Å². The van der Waals surface area contributed by atoms with Gasteiger partial charge in [0.1, 0.15) is 11.5 Å². The van der Waals surface area contributed by atoms with Crippen molar-refractivity contribution in [2.75, 3.05) is 0 Å². The summed E-state index contributed by atoms with van der Waals surface area (Å²) in [5.41, 5.74) is 18.0. The summed E-state index contributed by atoms with van der Waals surface area (Å²) in [6.07, 6.45) is 12.0. The van der Waals surface area contributed by atoms with Crippen LogP contribution in [0.1, 0.15) is 55.2 Å². The minimum atomic E-state index is -1.17. The van der Waals surface area contributed by atoms with Crippen LogP contribution in [-0.2, 0) is 16.6 Å². The Hall–Kier alpha value is -2.86. The van der Waals surface area contributed by atoms with Gasteiger partial charge in [0.25, 0.3) is 0 Å². The van der Waals surface area contributed by atoms with Crippen molar-refractivity contribution in [3.63, 3.8) is 0 Å². The third-order valence-electron chi connectivity index (χ3n) is 5.89. The van der Waals surface area contributed by atoms with Gasteiger partial charge >= 0.3 is 0 Å². The van der Waals surface area contributed by atoms with E-state index >= 15 is 0 Å². The highest BCUT2D eigenvalue weighted by Gasteiger charge is 2.41. The van der Waals surface area contributed by atoms with Crippen molar-refractivity contribution in [2.45, 2.75) is 55.1 Å². The first-order chi connectivity index (χ1) is 15.0. The van der Waals surface area contributed by atoms with Gasteiger partial charge in [-0.15, -0.1) is 39.5 Å². The van der Waals surface area contributed by atoms with Crippen molar-refractivity contribution >= 4 is 0 Å². The van der Waals surface area contributed by atoms with Gasteiger partial charge in [-0.2, -0.15) is 0 Å². The lowest BCUT2D eigenvalue weighted by molar-refractivity contribution is 0.342. The minimum absolute atomic E-state index is 0.163. The Balaban J connectivity index is 4.21. The predicted octanol–water partition coefficient (Wildman–Crippen LogP) is 5.02. The van der Waals surface area contributed by atoms with Crippen molar-refractivity contribution in [3.05, 3.63) is 98.7 Å². The fraction of sp³-hybridized carbons (Fsp3) is 0.333. The Morgan fingerprint density at radius 1 is 0.562 bits per heavy atom. The van der Waals surface area contributed by atoms with Crippen LogP contribution in [0.25, 0.3) is 0 Å². The van der Waals surface area contributed by atoms with E-state index < -0.39 is 16.6 Å². The number of phenols is 2. The third kappa shape index (κ3) is 5.30. The van der Waals surface area contributed by atoms with Crippen molar-refractivity contribution in [1.82, 2.24) is 0 Å². The fourth-order valence-corrected chi connectivity index (χ4v) is 4.33. The average molecular weight is 438 g/mol. The topological polar surface area (TPSA) is 119 Å². The zero-order valence-corrected chi connectivity index (χ0v) is 19.2. The summed E-state index contributed by atoms with van der Waals surface area (Å²) in [7, 11) is 0. The molecule has 1 aromatic carbocycles. The van der Waals surface area contributed by atoms with Crippen LogP contribution in [0.2, 0.25) is 0 Å². The van der Waals surface area contributed by atoms with Crippen molar-refractivity contribution in [3.8, 4) is 11.5 Å². The lowest BCUT2D eigenvalue weighted by Crippen LogP contribution is -2.41. The van der Waals surface area contributed by atoms with Gasteiger partial charge in [0.15, 0.2) is 0 Å². The van der Waals surface area contributed by atoms with Crippen LogP contribution in [0.3, 0.4) is 0 Å². The van der Waals surface area contributed by atoms with Gasteiger partial charge in [0.2, 0.25) is 0 Å². The number of aromatic hydroxyl groups is 2. The van der Waals surface area contributed by atoms with E-state index in [-0.39, 0.29) is 29.9 Å².